The zero-order valence-corrected chi connectivity index (χ0v) is 14.0. The molecule has 4 aromatic carbocycles. The smallest absolute Gasteiger partial charge is 0.360 e. The van der Waals surface area contributed by atoms with Crippen LogP contribution in [0, 0.1) is 0 Å². The van der Waals surface area contributed by atoms with Crippen LogP contribution in [0.1, 0.15) is 0 Å². The number of fused-ring (bicyclic) bond motifs is 2. The number of phenolic OH excluding ortho intramolecular Hbond substituents is 1. The van der Waals surface area contributed by atoms with Gasteiger partial charge in [-0.2, -0.15) is 0 Å². The molecule has 4 nitrogen and oxygen atoms in total. The highest BCUT2D eigenvalue weighted by Crippen LogP contribution is 2.45. The normalized spacial score (nSPS) is 11.9. The van der Waals surface area contributed by atoms with Crippen LogP contribution in [-0.2, 0) is 4.57 Å². The molecular formula is C20H15O4P. The van der Waals surface area contributed by atoms with E-state index in [1.807, 2.05) is 54.6 Å². The van der Waals surface area contributed by atoms with Crippen LogP contribution < -0.4 is 5.30 Å². The van der Waals surface area contributed by atoms with Crippen LogP contribution in [0.3, 0.4) is 0 Å². The minimum atomic E-state index is -4.62. The second-order valence-corrected chi connectivity index (χ2v) is 7.48. The summed E-state index contributed by atoms with van der Waals surface area (Å²) in [6, 6.07) is 22.0. The van der Waals surface area contributed by atoms with Crippen molar-refractivity contribution >= 4 is 34.4 Å². The molecule has 0 aromatic heterocycles. The lowest BCUT2D eigenvalue weighted by atomic mass is 9.93. The van der Waals surface area contributed by atoms with Gasteiger partial charge in [-0.1, -0.05) is 66.7 Å². The first-order chi connectivity index (χ1) is 12.0. The standard InChI is InChI=1S/C20H15O4P/c21-20-18(25(22,23)24)12-14-7-2-4-10-16(14)19(20)17-11-5-8-13-6-1-3-9-15(13)17/h1-12,21H,(H2,22,23,24). The summed E-state index contributed by atoms with van der Waals surface area (Å²) >= 11 is 0. The maximum atomic E-state index is 11.9. The van der Waals surface area contributed by atoms with Crippen LogP contribution in [0.5, 0.6) is 5.75 Å². The first-order valence-corrected chi connectivity index (χ1v) is 9.37. The monoisotopic (exact) mass is 350 g/mol. The lowest BCUT2D eigenvalue weighted by Crippen LogP contribution is -2.06. The average Bonchev–Trinajstić information content (AvgIpc) is 2.60. The molecule has 0 aliphatic carbocycles. The van der Waals surface area contributed by atoms with Crippen molar-refractivity contribution in [2.24, 2.45) is 0 Å². The zero-order chi connectivity index (χ0) is 17.6. The molecule has 0 aliphatic rings. The molecule has 0 spiro atoms. The van der Waals surface area contributed by atoms with Crippen molar-refractivity contribution in [3.63, 3.8) is 0 Å². The van der Waals surface area contributed by atoms with Gasteiger partial charge in [-0.3, -0.25) is 4.57 Å². The van der Waals surface area contributed by atoms with Crippen LogP contribution in [-0.4, -0.2) is 14.9 Å². The van der Waals surface area contributed by atoms with Gasteiger partial charge in [0.1, 0.15) is 11.1 Å². The Kier molecular flexibility index (Phi) is 3.62. The Labute approximate surface area is 144 Å². The molecule has 0 bridgehead atoms. The van der Waals surface area contributed by atoms with E-state index in [-0.39, 0.29) is 11.1 Å². The summed E-state index contributed by atoms with van der Waals surface area (Å²) in [4.78, 5) is 19.3. The predicted octanol–water partition coefficient (Wildman–Crippen LogP) is 4.17. The van der Waals surface area contributed by atoms with Crippen LogP contribution in [0.2, 0.25) is 0 Å². The van der Waals surface area contributed by atoms with E-state index in [4.69, 9.17) is 0 Å². The Morgan fingerprint density at radius 2 is 1.32 bits per heavy atom. The second-order valence-electron chi connectivity index (χ2n) is 5.91. The van der Waals surface area contributed by atoms with Gasteiger partial charge in [0, 0.05) is 5.56 Å². The third-order valence-electron chi connectivity index (χ3n) is 4.37. The molecule has 0 amide bonds. The summed E-state index contributed by atoms with van der Waals surface area (Å²) < 4.78 is 11.9. The first-order valence-electron chi connectivity index (χ1n) is 7.76. The van der Waals surface area contributed by atoms with E-state index in [0.717, 1.165) is 21.7 Å². The van der Waals surface area contributed by atoms with E-state index >= 15 is 0 Å². The number of hydrogen-bond donors (Lipinski definition) is 3. The Hall–Kier alpha value is -2.65. The molecule has 0 aliphatic heterocycles. The van der Waals surface area contributed by atoms with Crippen molar-refractivity contribution in [3.05, 3.63) is 72.8 Å². The van der Waals surface area contributed by atoms with Gasteiger partial charge in [0.25, 0.3) is 0 Å². The number of benzene rings is 4. The van der Waals surface area contributed by atoms with E-state index in [2.05, 4.69) is 0 Å². The van der Waals surface area contributed by atoms with Gasteiger partial charge < -0.3 is 14.9 Å². The maximum Gasteiger partial charge on any atom is 0.360 e. The quantitative estimate of drug-likeness (QED) is 0.474. The summed E-state index contributed by atoms with van der Waals surface area (Å²) in [5.74, 6) is -0.372. The Morgan fingerprint density at radius 3 is 2.04 bits per heavy atom. The zero-order valence-electron chi connectivity index (χ0n) is 13.1. The summed E-state index contributed by atoms with van der Waals surface area (Å²) in [6.07, 6.45) is 0. The van der Waals surface area contributed by atoms with Gasteiger partial charge in [0.15, 0.2) is 0 Å². The molecular weight excluding hydrogens is 335 g/mol. The first kappa shape index (κ1) is 15.9. The largest absolute Gasteiger partial charge is 0.506 e. The van der Waals surface area contributed by atoms with Crippen molar-refractivity contribution < 1.29 is 19.5 Å². The molecule has 3 N–H and O–H groups in total. The summed E-state index contributed by atoms with van der Waals surface area (Å²) in [5, 5.41) is 13.7. The molecule has 4 aromatic rings. The highest BCUT2D eigenvalue weighted by atomic mass is 31.2. The van der Waals surface area contributed by atoms with Crippen molar-refractivity contribution in [2.75, 3.05) is 0 Å². The van der Waals surface area contributed by atoms with E-state index in [1.54, 1.807) is 12.1 Å². The van der Waals surface area contributed by atoms with Gasteiger partial charge in [-0.05, 0) is 33.2 Å². The Bertz CT molecular complexity index is 1160. The molecule has 25 heavy (non-hydrogen) atoms. The molecule has 5 heteroatoms. The fraction of sp³-hybridized carbons (Fsp3) is 0. The van der Waals surface area contributed by atoms with Crippen molar-refractivity contribution in [2.45, 2.75) is 0 Å². The predicted molar refractivity (Wildman–Crippen MR) is 100 cm³/mol. The van der Waals surface area contributed by atoms with Crippen molar-refractivity contribution in [1.29, 1.82) is 0 Å². The van der Waals surface area contributed by atoms with E-state index in [1.165, 1.54) is 6.07 Å². The molecule has 4 rings (SSSR count). The maximum absolute atomic E-state index is 11.9. The van der Waals surface area contributed by atoms with E-state index in [0.29, 0.717) is 10.9 Å². The third kappa shape index (κ3) is 2.61. The minimum absolute atomic E-state index is 0.353. The van der Waals surface area contributed by atoms with Gasteiger partial charge in [-0.25, -0.2) is 0 Å². The van der Waals surface area contributed by atoms with E-state index in [9.17, 15) is 19.5 Å². The summed E-state index contributed by atoms with van der Waals surface area (Å²) in [6.45, 7) is 0. The average molecular weight is 350 g/mol. The lowest BCUT2D eigenvalue weighted by Gasteiger charge is -2.16. The molecule has 0 saturated heterocycles. The molecule has 124 valence electrons. The number of phenols is 1. The summed E-state index contributed by atoms with van der Waals surface area (Å²) in [7, 11) is -4.62. The van der Waals surface area contributed by atoms with Crippen LogP contribution in [0.4, 0.5) is 0 Å². The minimum Gasteiger partial charge on any atom is -0.506 e. The number of hydrogen-bond acceptors (Lipinski definition) is 2. The molecule has 0 saturated carbocycles. The second kappa shape index (κ2) is 5.71. The topological polar surface area (TPSA) is 77.8 Å². The van der Waals surface area contributed by atoms with Gasteiger partial charge >= 0.3 is 7.60 Å². The molecule has 0 fully saturated rings. The Balaban J connectivity index is 2.20. The van der Waals surface area contributed by atoms with E-state index < -0.39 is 7.60 Å². The summed E-state index contributed by atoms with van der Waals surface area (Å²) in [5.41, 5.74) is 1.18. The lowest BCUT2D eigenvalue weighted by molar-refractivity contribution is 0.385. The SMILES string of the molecule is O=P(O)(O)c1cc2ccccc2c(-c2cccc3ccccc23)c1O. The number of rotatable bonds is 2. The Morgan fingerprint density at radius 1 is 0.720 bits per heavy atom. The highest BCUT2D eigenvalue weighted by Gasteiger charge is 2.26. The highest BCUT2D eigenvalue weighted by molar-refractivity contribution is 7.60. The van der Waals surface area contributed by atoms with Crippen LogP contribution >= 0.6 is 7.60 Å². The third-order valence-corrected chi connectivity index (χ3v) is 5.34. The number of aromatic hydroxyl groups is 1. The van der Waals surface area contributed by atoms with Gasteiger partial charge in [0.2, 0.25) is 0 Å². The van der Waals surface area contributed by atoms with Gasteiger partial charge in [-0.15, -0.1) is 0 Å². The molecule has 0 unspecified atom stereocenters. The molecule has 0 radical (unpaired) electrons. The molecule has 0 heterocycles. The van der Waals surface area contributed by atoms with Crippen LogP contribution in [0.25, 0.3) is 32.7 Å². The van der Waals surface area contributed by atoms with Gasteiger partial charge in [0.05, 0.1) is 0 Å². The fourth-order valence-corrected chi connectivity index (χ4v) is 3.95. The van der Waals surface area contributed by atoms with Crippen molar-refractivity contribution in [1.82, 2.24) is 0 Å². The van der Waals surface area contributed by atoms with Crippen LogP contribution in [0.15, 0.2) is 72.8 Å². The molecule has 0 atom stereocenters. The van der Waals surface area contributed by atoms with Crippen molar-refractivity contribution in [3.8, 4) is 16.9 Å². The fourth-order valence-electron chi connectivity index (χ4n) is 3.26.